The Morgan fingerprint density at radius 2 is 1.71 bits per heavy atom. The molecule has 0 radical (unpaired) electrons. The van der Waals surface area contributed by atoms with E-state index in [9.17, 15) is 24.3 Å². The van der Waals surface area contributed by atoms with Crippen molar-refractivity contribution in [1.29, 1.82) is 0 Å². The quantitative estimate of drug-likeness (QED) is 0.573. The van der Waals surface area contributed by atoms with E-state index in [1.165, 1.54) is 14.0 Å². The molecule has 2 fully saturated rings. The summed E-state index contributed by atoms with van der Waals surface area (Å²) in [5.41, 5.74) is 0.519. The van der Waals surface area contributed by atoms with Crippen LogP contribution in [0.1, 0.15) is 34.5 Å². The van der Waals surface area contributed by atoms with E-state index >= 15 is 0 Å². The first kappa shape index (κ1) is 20.7. The maximum absolute atomic E-state index is 13.5. The van der Waals surface area contributed by atoms with Gasteiger partial charge in [-0.05, 0) is 43.2 Å². The standard InChI is InChI=1S/C23H22N2O6/c1-12-6-4-5-7-15(12)25-19(26)16-17(20(25)27)23(2,22(29)30)24-18(16)13-8-10-14(11-9-13)21(28)31-3/h4-11,16-18,24H,1-3H3,(H,29,30). The highest BCUT2D eigenvalue weighted by Gasteiger charge is 2.67. The molecule has 2 saturated heterocycles. The maximum atomic E-state index is 13.5. The van der Waals surface area contributed by atoms with E-state index in [1.807, 2.05) is 0 Å². The van der Waals surface area contributed by atoms with E-state index in [0.29, 0.717) is 16.8 Å². The van der Waals surface area contributed by atoms with E-state index in [-0.39, 0.29) is 0 Å². The maximum Gasteiger partial charge on any atom is 0.337 e. The lowest BCUT2D eigenvalue weighted by atomic mass is 9.80. The molecule has 0 aliphatic carbocycles. The third kappa shape index (κ3) is 3.02. The zero-order valence-corrected chi connectivity index (χ0v) is 17.3. The van der Waals surface area contributed by atoms with Crippen LogP contribution in [0, 0.1) is 18.8 Å². The number of nitrogens with zero attached hydrogens (tertiary/aromatic N) is 1. The number of aliphatic carboxylic acids is 1. The van der Waals surface area contributed by atoms with E-state index in [0.717, 1.165) is 10.5 Å². The minimum Gasteiger partial charge on any atom is -0.480 e. The Kier molecular flexibility index (Phi) is 4.89. The number of para-hydroxylation sites is 1. The Hall–Kier alpha value is -3.52. The average Bonchev–Trinajstić information content (AvgIpc) is 3.22. The van der Waals surface area contributed by atoms with Crippen LogP contribution in [0.25, 0.3) is 0 Å². The molecule has 2 aromatic carbocycles. The van der Waals surface area contributed by atoms with Gasteiger partial charge in [0.15, 0.2) is 0 Å². The fourth-order valence-corrected chi connectivity index (χ4v) is 4.62. The van der Waals surface area contributed by atoms with E-state index in [4.69, 9.17) is 4.74 Å². The van der Waals surface area contributed by atoms with Crippen molar-refractivity contribution in [3.8, 4) is 0 Å². The van der Waals surface area contributed by atoms with Gasteiger partial charge in [0.1, 0.15) is 5.54 Å². The van der Waals surface area contributed by atoms with Crippen LogP contribution in [0.2, 0.25) is 0 Å². The number of ether oxygens (including phenoxy) is 1. The first-order valence-corrected chi connectivity index (χ1v) is 9.83. The van der Waals surface area contributed by atoms with Gasteiger partial charge in [-0.2, -0.15) is 0 Å². The Morgan fingerprint density at radius 1 is 1.06 bits per heavy atom. The number of carbonyl (C=O) groups is 4. The van der Waals surface area contributed by atoms with Crippen molar-refractivity contribution in [3.05, 3.63) is 65.2 Å². The molecule has 2 aliphatic heterocycles. The molecule has 160 valence electrons. The second-order valence-electron chi connectivity index (χ2n) is 8.04. The van der Waals surface area contributed by atoms with Crippen LogP contribution in [0.5, 0.6) is 0 Å². The summed E-state index contributed by atoms with van der Waals surface area (Å²) < 4.78 is 4.70. The van der Waals surface area contributed by atoms with E-state index in [1.54, 1.807) is 55.5 Å². The fraction of sp³-hybridized carbons (Fsp3) is 0.304. The summed E-state index contributed by atoms with van der Waals surface area (Å²) in [6.07, 6.45) is 0. The molecule has 2 aromatic rings. The van der Waals surface area contributed by atoms with Gasteiger partial charge in [-0.15, -0.1) is 0 Å². The number of hydrogen-bond donors (Lipinski definition) is 2. The number of esters is 1. The average molecular weight is 422 g/mol. The van der Waals surface area contributed by atoms with Crippen LogP contribution in [0.3, 0.4) is 0 Å². The largest absolute Gasteiger partial charge is 0.480 e. The zero-order chi connectivity index (χ0) is 22.5. The molecule has 2 N–H and O–H groups in total. The molecule has 4 atom stereocenters. The normalized spacial score (nSPS) is 27.3. The van der Waals surface area contributed by atoms with Crippen molar-refractivity contribution < 1.29 is 29.0 Å². The second kappa shape index (κ2) is 7.31. The van der Waals surface area contributed by atoms with Gasteiger partial charge >= 0.3 is 11.9 Å². The van der Waals surface area contributed by atoms with Crippen LogP contribution in [0.15, 0.2) is 48.5 Å². The van der Waals surface area contributed by atoms with Crippen LogP contribution in [-0.2, 0) is 19.1 Å². The molecular weight excluding hydrogens is 400 g/mol. The van der Waals surface area contributed by atoms with Gasteiger partial charge in [0.2, 0.25) is 11.8 Å². The highest BCUT2D eigenvalue weighted by molar-refractivity contribution is 6.24. The number of anilines is 1. The molecule has 4 unspecified atom stereocenters. The second-order valence-corrected chi connectivity index (χ2v) is 8.04. The van der Waals surface area contributed by atoms with Crippen molar-refractivity contribution in [2.75, 3.05) is 12.0 Å². The lowest BCUT2D eigenvalue weighted by molar-refractivity contribution is -0.147. The molecule has 0 bridgehead atoms. The smallest absolute Gasteiger partial charge is 0.337 e. The van der Waals surface area contributed by atoms with Crippen molar-refractivity contribution in [2.24, 2.45) is 11.8 Å². The number of rotatable bonds is 4. The number of methoxy groups -OCH3 is 1. The summed E-state index contributed by atoms with van der Waals surface area (Å²) in [5, 5.41) is 13.0. The summed E-state index contributed by atoms with van der Waals surface area (Å²) >= 11 is 0. The summed E-state index contributed by atoms with van der Waals surface area (Å²) in [4.78, 5) is 51.9. The number of hydrogen-bond acceptors (Lipinski definition) is 6. The highest BCUT2D eigenvalue weighted by atomic mass is 16.5. The number of carboxylic acid groups (broad SMARTS) is 1. The van der Waals surface area contributed by atoms with Gasteiger partial charge in [-0.3, -0.25) is 19.7 Å². The fourth-order valence-electron chi connectivity index (χ4n) is 4.62. The molecule has 8 heteroatoms. The molecular formula is C23H22N2O6. The molecule has 0 saturated carbocycles. The van der Waals surface area contributed by atoms with Gasteiger partial charge in [0.05, 0.1) is 30.2 Å². The first-order valence-electron chi connectivity index (χ1n) is 9.83. The predicted molar refractivity (Wildman–Crippen MR) is 110 cm³/mol. The number of imide groups is 1. The van der Waals surface area contributed by atoms with E-state index < -0.39 is 47.2 Å². The van der Waals surface area contributed by atoms with Crippen molar-refractivity contribution in [1.82, 2.24) is 5.32 Å². The lowest BCUT2D eigenvalue weighted by Crippen LogP contribution is -2.53. The summed E-state index contributed by atoms with van der Waals surface area (Å²) in [6.45, 7) is 3.23. The van der Waals surface area contributed by atoms with Crippen LogP contribution < -0.4 is 10.2 Å². The van der Waals surface area contributed by atoms with Gasteiger partial charge < -0.3 is 9.84 Å². The SMILES string of the molecule is COC(=O)c1ccc(C2NC(C)(C(=O)O)C3C(=O)N(c4ccccc4C)C(=O)C23)cc1. The number of amides is 2. The third-order valence-corrected chi connectivity index (χ3v) is 6.28. The monoisotopic (exact) mass is 422 g/mol. The third-order valence-electron chi connectivity index (χ3n) is 6.28. The van der Waals surface area contributed by atoms with Crippen molar-refractivity contribution in [3.63, 3.8) is 0 Å². The van der Waals surface area contributed by atoms with Crippen LogP contribution in [0.4, 0.5) is 5.69 Å². The van der Waals surface area contributed by atoms with Crippen molar-refractivity contribution in [2.45, 2.75) is 25.4 Å². The van der Waals surface area contributed by atoms with Crippen molar-refractivity contribution >= 4 is 29.4 Å². The molecule has 2 heterocycles. The van der Waals surface area contributed by atoms with Crippen LogP contribution in [-0.4, -0.2) is 41.5 Å². The number of fused-ring (bicyclic) bond motifs is 1. The number of aryl methyl sites for hydroxylation is 1. The number of carbonyl (C=O) groups excluding carboxylic acids is 3. The Bertz CT molecular complexity index is 1100. The van der Waals surface area contributed by atoms with Gasteiger partial charge in [-0.25, -0.2) is 9.69 Å². The minimum atomic E-state index is -1.62. The Morgan fingerprint density at radius 3 is 2.29 bits per heavy atom. The van der Waals surface area contributed by atoms with Gasteiger partial charge in [0, 0.05) is 6.04 Å². The number of benzene rings is 2. The Balaban J connectivity index is 1.79. The molecule has 2 aliphatic rings. The zero-order valence-electron chi connectivity index (χ0n) is 17.3. The van der Waals surface area contributed by atoms with Gasteiger partial charge in [0.25, 0.3) is 0 Å². The minimum absolute atomic E-state index is 0.331. The number of nitrogens with one attached hydrogen (secondary N) is 1. The van der Waals surface area contributed by atoms with E-state index in [2.05, 4.69) is 5.32 Å². The predicted octanol–water partition coefficient (Wildman–Crippen LogP) is 2.08. The topological polar surface area (TPSA) is 113 Å². The molecule has 0 aromatic heterocycles. The summed E-state index contributed by atoms with van der Waals surface area (Å²) in [5.74, 6) is -4.64. The number of carboxylic acids is 1. The molecule has 2 amide bonds. The summed E-state index contributed by atoms with van der Waals surface area (Å²) in [6, 6.07) is 12.7. The molecule has 0 spiro atoms. The molecule has 31 heavy (non-hydrogen) atoms. The summed E-state index contributed by atoms with van der Waals surface area (Å²) in [7, 11) is 1.28. The van der Waals surface area contributed by atoms with Gasteiger partial charge in [-0.1, -0.05) is 30.3 Å². The molecule has 8 nitrogen and oxygen atoms in total. The Labute approximate surface area is 178 Å². The van der Waals surface area contributed by atoms with Crippen LogP contribution >= 0.6 is 0 Å². The lowest BCUT2D eigenvalue weighted by Gasteiger charge is -2.27. The highest BCUT2D eigenvalue weighted by Crippen LogP contribution is 2.49. The first-order chi connectivity index (χ1) is 14.7. The molecule has 4 rings (SSSR count).